The molecule has 2 N–H and O–H groups in total. The Hall–Kier alpha value is -0.930. The van der Waals surface area contributed by atoms with E-state index in [9.17, 15) is 0 Å². The Kier molecular flexibility index (Phi) is 3.35. The van der Waals surface area contributed by atoms with Gasteiger partial charge >= 0.3 is 0 Å². The van der Waals surface area contributed by atoms with Crippen LogP contribution in [0.25, 0.3) is 0 Å². The smallest absolute Gasteiger partial charge is 0.191 e. The zero-order valence-electron chi connectivity index (χ0n) is 10.8. The molecule has 0 saturated heterocycles. The van der Waals surface area contributed by atoms with Crippen LogP contribution in [-0.2, 0) is 0 Å². The second-order valence-electron chi connectivity index (χ2n) is 5.41. The molecule has 0 unspecified atom stereocenters. The fourth-order valence-electron chi connectivity index (χ4n) is 2.34. The summed E-state index contributed by atoms with van der Waals surface area (Å²) in [7, 11) is 2.02. The average Bonchev–Trinajstić information content (AvgIpc) is 3.24. The van der Waals surface area contributed by atoms with Crippen LogP contribution < -0.4 is 5.73 Å². The van der Waals surface area contributed by atoms with Crippen molar-refractivity contribution in [3.05, 3.63) is 33.8 Å². The number of hydrogen-bond acceptors (Lipinski definition) is 1. The third-order valence-corrected chi connectivity index (χ3v) is 4.62. The first kappa shape index (κ1) is 13.1. The Morgan fingerprint density at radius 2 is 2.05 bits per heavy atom. The predicted octanol–water partition coefficient (Wildman–Crippen LogP) is 3.26. The van der Waals surface area contributed by atoms with Crippen molar-refractivity contribution in [3.63, 3.8) is 0 Å². The van der Waals surface area contributed by atoms with Crippen molar-refractivity contribution >= 4 is 29.2 Å². The Balaban J connectivity index is 1.66. The van der Waals surface area contributed by atoms with Crippen LogP contribution in [0.4, 0.5) is 0 Å². The molecule has 0 amide bonds. The molecule has 2 atom stereocenters. The number of hydrogen-bond donors (Lipinski definition) is 1. The van der Waals surface area contributed by atoms with E-state index in [1.54, 1.807) is 0 Å². The number of rotatable bonds is 3. The van der Waals surface area contributed by atoms with Crippen molar-refractivity contribution < 1.29 is 0 Å². The van der Waals surface area contributed by atoms with E-state index in [-0.39, 0.29) is 0 Å². The molecule has 0 heterocycles. The summed E-state index contributed by atoms with van der Waals surface area (Å²) >= 11 is 12.0. The summed E-state index contributed by atoms with van der Waals surface area (Å²) < 4.78 is 0. The van der Waals surface area contributed by atoms with Crippen molar-refractivity contribution in [1.29, 1.82) is 0 Å². The molecular formula is C14H17Cl2N3. The third-order valence-electron chi connectivity index (χ3n) is 3.88. The maximum atomic E-state index is 6.04. The SMILES string of the molecule is CN(C(N)=N[C@@H]1C[C@H]1c1ccc(Cl)c(Cl)c1)C1CC1. The first-order valence-corrected chi connectivity index (χ1v) is 7.33. The normalized spacial score (nSPS) is 26.4. The second kappa shape index (κ2) is 4.88. The maximum Gasteiger partial charge on any atom is 0.191 e. The van der Waals surface area contributed by atoms with Gasteiger partial charge in [-0.05, 0) is 37.0 Å². The number of nitrogens with zero attached hydrogens (tertiary/aromatic N) is 2. The summed E-state index contributed by atoms with van der Waals surface area (Å²) in [6, 6.07) is 6.70. The summed E-state index contributed by atoms with van der Waals surface area (Å²) in [5.74, 6) is 1.09. The van der Waals surface area contributed by atoms with E-state index < -0.39 is 0 Å². The predicted molar refractivity (Wildman–Crippen MR) is 80.0 cm³/mol. The van der Waals surface area contributed by atoms with Crippen LogP contribution in [0.3, 0.4) is 0 Å². The highest BCUT2D eigenvalue weighted by Crippen LogP contribution is 2.45. The lowest BCUT2D eigenvalue weighted by molar-refractivity contribution is 0.487. The van der Waals surface area contributed by atoms with Crippen molar-refractivity contribution in [2.24, 2.45) is 10.7 Å². The molecular weight excluding hydrogens is 281 g/mol. The molecule has 2 fully saturated rings. The minimum atomic E-state index is 0.290. The zero-order valence-corrected chi connectivity index (χ0v) is 12.3. The summed E-state index contributed by atoms with van der Waals surface area (Å²) in [5.41, 5.74) is 7.22. The summed E-state index contributed by atoms with van der Waals surface area (Å²) in [6.45, 7) is 0. The highest BCUT2D eigenvalue weighted by atomic mass is 35.5. The lowest BCUT2D eigenvalue weighted by Gasteiger charge is -2.16. The number of benzene rings is 1. The fourth-order valence-corrected chi connectivity index (χ4v) is 2.64. The van der Waals surface area contributed by atoms with Crippen LogP contribution in [0.2, 0.25) is 10.0 Å². The molecule has 0 bridgehead atoms. The Morgan fingerprint density at radius 3 is 2.68 bits per heavy atom. The Morgan fingerprint density at radius 1 is 1.32 bits per heavy atom. The van der Waals surface area contributed by atoms with Crippen molar-refractivity contribution in [1.82, 2.24) is 4.90 Å². The van der Waals surface area contributed by atoms with E-state index in [0.717, 1.165) is 6.42 Å². The number of halogens is 2. The molecule has 0 radical (unpaired) electrons. The molecule has 3 rings (SSSR count). The fraction of sp³-hybridized carbons (Fsp3) is 0.500. The number of guanidine groups is 1. The van der Waals surface area contributed by atoms with Gasteiger partial charge < -0.3 is 10.6 Å². The molecule has 1 aromatic rings. The van der Waals surface area contributed by atoms with E-state index >= 15 is 0 Å². The molecule has 3 nitrogen and oxygen atoms in total. The van der Waals surface area contributed by atoms with Crippen molar-refractivity contribution in [2.75, 3.05) is 7.05 Å². The number of aliphatic imine (C=N–C) groups is 1. The van der Waals surface area contributed by atoms with Crippen LogP contribution in [0.15, 0.2) is 23.2 Å². The molecule has 0 aliphatic heterocycles. The van der Waals surface area contributed by atoms with Crippen LogP contribution in [0.1, 0.15) is 30.7 Å². The van der Waals surface area contributed by atoms with Crippen LogP contribution in [0.5, 0.6) is 0 Å². The first-order valence-electron chi connectivity index (χ1n) is 6.57. The lowest BCUT2D eigenvalue weighted by atomic mass is 10.1. The topological polar surface area (TPSA) is 41.6 Å². The van der Waals surface area contributed by atoms with Gasteiger partial charge in [-0.25, -0.2) is 4.99 Å². The molecule has 2 saturated carbocycles. The maximum absolute atomic E-state index is 6.04. The van der Waals surface area contributed by atoms with Crippen molar-refractivity contribution in [3.8, 4) is 0 Å². The average molecular weight is 298 g/mol. The van der Waals surface area contributed by atoms with Crippen LogP contribution >= 0.6 is 23.2 Å². The monoisotopic (exact) mass is 297 g/mol. The van der Waals surface area contributed by atoms with E-state index in [2.05, 4.69) is 9.89 Å². The van der Waals surface area contributed by atoms with Gasteiger partial charge in [0.1, 0.15) is 0 Å². The molecule has 102 valence electrons. The third kappa shape index (κ3) is 2.82. The number of nitrogens with two attached hydrogens (primary N) is 1. The van der Waals surface area contributed by atoms with Gasteiger partial charge in [0.05, 0.1) is 16.1 Å². The minimum absolute atomic E-state index is 0.290. The molecule has 19 heavy (non-hydrogen) atoms. The Bertz CT molecular complexity index is 525. The van der Waals surface area contributed by atoms with Gasteiger partial charge in [0.15, 0.2) is 5.96 Å². The van der Waals surface area contributed by atoms with Gasteiger partial charge in [0, 0.05) is 19.0 Å². The summed E-state index contributed by atoms with van der Waals surface area (Å²) in [5, 5.41) is 1.20. The van der Waals surface area contributed by atoms with Gasteiger partial charge in [-0.1, -0.05) is 29.3 Å². The minimum Gasteiger partial charge on any atom is -0.370 e. The van der Waals surface area contributed by atoms with Crippen molar-refractivity contribution in [2.45, 2.75) is 37.3 Å². The molecule has 0 aromatic heterocycles. The molecule has 2 aliphatic carbocycles. The van der Waals surface area contributed by atoms with Crippen LogP contribution in [-0.4, -0.2) is 30.0 Å². The van der Waals surface area contributed by atoms with Crippen LogP contribution in [0, 0.1) is 0 Å². The highest BCUT2D eigenvalue weighted by molar-refractivity contribution is 6.42. The van der Waals surface area contributed by atoms with Gasteiger partial charge in [-0.3, -0.25) is 0 Å². The van der Waals surface area contributed by atoms with Gasteiger partial charge in [-0.15, -0.1) is 0 Å². The Labute approximate surface area is 123 Å². The first-order chi connectivity index (χ1) is 9.06. The van der Waals surface area contributed by atoms with E-state index in [4.69, 9.17) is 28.9 Å². The van der Waals surface area contributed by atoms with Gasteiger partial charge in [-0.2, -0.15) is 0 Å². The molecule has 2 aliphatic rings. The summed E-state index contributed by atoms with van der Waals surface area (Å²) in [4.78, 5) is 6.69. The standard InChI is InChI=1S/C14H17Cl2N3/c1-19(9-3-4-9)14(17)18-13-7-10(13)8-2-5-11(15)12(16)6-8/h2,5-6,9-10,13H,3-4,7H2,1H3,(H2,17,18)/t10-,13+/m0/s1. The van der Waals surface area contributed by atoms with E-state index in [1.807, 2.05) is 25.2 Å². The van der Waals surface area contributed by atoms with Gasteiger partial charge in [0.25, 0.3) is 0 Å². The summed E-state index contributed by atoms with van der Waals surface area (Å²) in [6.07, 6.45) is 3.50. The highest BCUT2D eigenvalue weighted by Gasteiger charge is 2.39. The quantitative estimate of drug-likeness (QED) is 0.687. The molecule has 1 aromatic carbocycles. The van der Waals surface area contributed by atoms with E-state index in [0.29, 0.717) is 34.0 Å². The second-order valence-corrected chi connectivity index (χ2v) is 6.23. The molecule has 5 heteroatoms. The lowest BCUT2D eigenvalue weighted by Crippen LogP contribution is -2.36. The van der Waals surface area contributed by atoms with Gasteiger partial charge in [0.2, 0.25) is 0 Å². The van der Waals surface area contributed by atoms with E-state index in [1.165, 1.54) is 18.4 Å². The zero-order chi connectivity index (χ0) is 13.6. The molecule has 0 spiro atoms. The largest absolute Gasteiger partial charge is 0.370 e.